The molecule has 2 heterocycles. The van der Waals surface area contributed by atoms with Crippen LogP contribution in [0.2, 0.25) is 0 Å². The molecule has 2 saturated heterocycles. The van der Waals surface area contributed by atoms with Crippen LogP contribution >= 0.6 is 0 Å². The van der Waals surface area contributed by atoms with E-state index in [9.17, 15) is 35.7 Å². The smallest absolute Gasteiger partial charge is 0.229 e. The third-order valence-electron chi connectivity index (χ3n) is 5.28. The zero-order valence-electron chi connectivity index (χ0n) is 16.7. The molecule has 2 aliphatic rings. The fourth-order valence-electron chi connectivity index (χ4n) is 3.42. The largest absolute Gasteiger partial charge is 0.497 e. The fraction of sp³-hybridized carbons (Fsp3) is 0.684. The molecule has 3 rings (SSSR count). The molecule has 31 heavy (non-hydrogen) atoms. The Balaban J connectivity index is 1.80. The average molecular weight is 448 g/mol. The zero-order valence-corrected chi connectivity index (χ0v) is 16.7. The van der Waals surface area contributed by atoms with Crippen LogP contribution < -0.4 is 9.47 Å². The van der Waals surface area contributed by atoms with Crippen LogP contribution in [0.5, 0.6) is 11.5 Å². The minimum atomic E-state index is -1.74. The number of hydrogen-bond acceptors (Lipinski definition) is 12. The number of methoxy groups -OCH3 is 1. The normalized spacial score (nSPS) is 41.0. The Labute approximate surface area is 177 Å². The lowest BCUT2D eigenvalue weighted by atomic mass is 9.97. The van der Waals surface area contributed by atoms with Gasteiger partial charge in [0.25, 0.3) is 0 Å². The number of ether oxygens (including phenoxy) is 5. The lowest BCUT2D eigenvalue weighted by molar-refractivity contribution is -0.357. The number of rotatable bonds is 7. The summed E-state index contributed by atoms with van der Waals surface area (Å²) >= 11 is 0. The Hall–Kier alpha value is -1.58. The second-order valence-corrected chi connectivity index (χ2v) is 7.30. The Morgan fingerprint density at radius 2 is 1.23 bits per heavy atom. The summed E-state index contributed by atoms with van der Waals surface area (Å²) in [6.07, 6.45) is -15.1. The minimum Gasteiger partial charge on any atom is -0.497 e. The Kier molecular flexibility index (Phi) is 8.04. The topological polar surface area (TPSA) is 188 Å². The zero-order chi connectivity index (χ0) is 22.7. The van der Waals surface area contributed by atoms with Gasteiger partial charge in [-0.05, 0) is 24.3 Å². The van der Waals surface area contributed by atoms with Gasteiger partial charge in [-0.1, -0.05) is 0 Å². The van der Waals surface area contributed by atoms with Gasteiger partial charge in [0.05, 0.1) is 20.3 Å². The first-order valence-electron chi connectivity index (χ1n) is 9.69. The van der Waals surface area contributed by atoms with Crippen LogP contribution in [0.3, 0.4) is 0 Å². The Morgan fingerprint density at radius 1 is 0.710 bits per heavy atom. The van der Waals surface area contributed by atoms with Crippen LogP contribution in [-0.4, -0.2) is 117 Å². The van der Waals surface area contributed by atoms with E-state index in [1.165, 1.54) is 7.11 Å². The molecule has 0 aliphatic carbocycles. The standard InChI is InChI=1S/C19H28O12/c1-27-8-2-4-9(5-3-8)28-19-17(15(25)13(23)11(7-21)30-19)31-18-16(26)14(24)12(22)10(6-20)29-18/h2-5,10-26H,6-7H2,1H3/t10-,11-,12+,13+,14+,15+,16-,17-,18+,19+/m1/s1. The molecule has 176 valence electrons. The van der Waals surface area contributed by atoms with E-state index in [1.807, 2.05) is 0 Å². The first kappa shape index (κ1) is 24.1. The molecule has 1 aromatic rings. The second kappa shape index (κ2) is 10.4. The van der Waals surface area contributed by atoms with E-state index in [2.05, 4.69) is 0 Å². The number of aliphatic hydroxyl groups is 7. The summed E-state index contributed by atoms with van der Waals surface area (Å²) in [6, 6.07) is 6.33. The highest BCUT2D eigenvalue weighted by Crippen LogP contribution is 2.31. The van der Waals surface area contributed by atoms with Crippen molar-refractivity contribution in [1.29, 1.82) is 0 Å². The molecule has 0 radical (unpaired) electrons. The summed E-state index contributed by atoms with van der Waals surface area (Å²) in [5.74, 6) is 0.850. The van der Waals surface area contributed by atoms with Crippen molar-refractivity contribution in [2.24, 2.45) is 0 Å². The van der Waals surface area contributed by atoms with E-state index in [4.69, 9.17) is 23.7 Å². The molecule has 10 atom stereocenters. The van der Waals surface area contributed by atoms with Crippen molar-refractivity contribution in [1.82, 2.24) is 0 Å². The molecule has 0 unspecified atom stereocenters. The summed E-state index contributed by atoms with van der Waals surface area (Å²) in [7, 11) is 1.49. The van der Waals surface area contributed by atoms with Crippen LogP contribution in [0.15, 0.2) is 24.3 Å². The van der Waals surface area contributed by atoms with E-state index in [-0.39, 0.29) is 5.75 Å². The summed E-state index contributed by atoms with van der Waals surface area (Å²) in [4.78, 5) is 0. The van der Waals surface area contributed by atoms with Gasteiger partial charge in [0.2, 0.25) is 6.29 Å². The molecule has 12 nitrogen and oxygen atoms in total. The summed E-state index contributed by atoms with van der Waals surface area (Å²) in [5.41, 5.74) is 0. The lowest BCUT2D eigenvalue weighted by Crippen LogP contribution is -2.65. The number of benzene rings is 1. The quantitative estimate of drug-likeness (QED) is 0.220. The van der Waals surface area contributed by atoms with Crippen LogP contribution in [0.25, 0.3) is 0 Å². The SMILES string of the molecule is COc1ccc(O[C@H]2O[C@H](CO)[C@H](O)[C@H](O)[C@H]2O[C@@H]2O[C@H](CO)[C@H](O)[C@H](O)[C@H]2O)cc1. The van der Waals surface area contributed by atoms with Crippen molar-refractivity contribution in [2.45, 2.75) is 61.4 Å². The van der Waals surface area contributed by atoms with E-state index in [0.29, 0.717) is 5.75 Å². The monoisotopic (exact) mass is 448 g/mol. The second-order valence-electron chi connectivity index (χ2n) is 7.30. The molecule has 0 amide bonds. The van der Waals surface area contributed by atoms with Crippen molar-refractivity contribution in [3.05, 3.63) is 24.3 Å². The highest BCUT2D eigenvalue weighted by molar-refractivity contribution is 5.31. The van der Waals surface area contributed by atoms with Gasteiger partial charge < -0.3 is 59.4 Å². The first-order valence-corrected chi connectivity index (χ1v) is 9.69. The van der Waals surface area contributed by atoms with Gasteiger partial charge in [-0.2, -0.15) is 0 Å². The molecule has 0 aromatic heterocycles. The molecule has 7 N–H and O–H groups in total. The van der Waals surface area contributed by atoms with Crippen LogP contribution in [-0.2, 0) is 14.2 Å². The lowest BCUT2D eigenvalue weighted by Gasteiger charge is -2.45. The first-order chi connectivity index (χ1) is 14.8. The van der Waals surface area contributed by atoms with E-state index in [1.54, 1.807) is 24.3 Å². The van der Waals surface area contributed by atoms with Crippen LogP contribution in [0.1, 0.15) is 0 Å². The van der Waals surface area contributed by atoms with Crippen LogP contribution in [0, 0.1) is 0 Å². The van der Waals surface area contributed by atoms with E-state index < -0.39 is 74.6 Å². The molecule has 12 heteroatoms. The highest BCUT2D eigenvalue weighted by Gasteiger charge is 2.51. The highest BCUT2D eigenvalue weighted by atomic mass is 16.8. The van der Waals surface area contributed by atoms with Gasteiger partial charge in [0.1, 0.15) is 54.2 Å². The maximum Gasteiger partial charge on any atom is 0.229 e. The molecular weight excluding hydrogens is 420 g/mol. The van der Waals surface area contributed by atoms with Crippen LogP contribution in [0.4, 0.5) is 0 Å². The van der Waals surface area contributed by atoms with Crippen molar-refractivity contribution >= 4 is 0 Å². The van der Waals surface area contributed by atoms with Gasteiger partial charge in [0, 0.05) is 0 Å². The minimum absolute atomic E-state index is 0.286. The fourth-order valence-corrected chi connectivity index (χ4v) is 3.42. The molecule has 2 fully saturated rings. The molecule has 0 spiro atoms. The van der Waals surface area contributed by atoms with Gasteiger partial charge in [-0.3, -0.25) is 0 Å². The molecule has 2 aliphatic heterocycles. The van der Waals surface area contributed by atoms with Crippen molar-refractivity contribution < 1.29 is 59.4 Å². The van der Waals surface area contributed by atoms with Gasteiger partial charge >= 0.3 is 0 Å². The molecule has 0 bridgehead atoms. The summed E-state index contributed by atoms with van der Waals surface area (Å²) in [6.45, 7) is -1.29. The van der Waals surface area contributed by atoms with Gasteiger partial charge in [-0.15, -0.1) is 0 Å². The maximum atomic E-state index is 10.6. The van der Waals surface area contributed by atoms with Crippen molar-refractivity contribution in [3.63, 3.8) is 0 Å². The van der Waals surface area contributed by atoms with Gasteiger partial charge in [0.15, 0.2) is 12.4 Å². The third kappa shape index (κ3) is 5.09. The number of aliphatic hydroxyl groups excluding tert-OH is 7. The molecular formula is C19H28O12. The Bertz CT molecular complexity index is 685. The maximum absolute atomic E-state index is 10.6. The number of hydrogen-bond donors (Lipinski definition) is 7. The predicted octanol–water partition coefficient (Wildman–Crippen LogP) is -3.30. The summed E-state index contributed by atoms with van der Waals surface area (Å²) < 4.78 is 27.2. The van der Waals surface area contributed by atoms with Crippen molar-refractivity contribution in [3.8, 4) is 11.5 Å². The third-order valence-corrected chi connectivity index (χ3v) is 5.28. The Morgan fingerprint density at radius 3 is 1.77 bits per heavy atom. The van der Waals surface area contributed by atoms with E-state index in [0.717, 1.165) is 0 Å². The van der Waals surface area contributed by atoms with Gasteiger partial charge in [-0.25, -0.2) is 0 Å². The van der Waals surface area contributed by atoms with Crippen molar-refractivity contribution in [2.75, 3.05) is 20.3 Å². The summed E-state index contributed by atoms with van der Waals surface area (Å²) in [5, 5.41) is 69.6. The van der Waals surface area contributed by atoms with E-state index >= 15 is 0 Å². The molecule has 1 aromatic carbocycles. The average Bonchev–Trinajstić information content (AvgIpc) is 2.79. The predicted molar refractivity (Wildman–Crippen MR) is 100 cm³/mol. The molecule has 0 saturated carbocycles.